The van der Waals surface area contributed by atoms with Gasteiger partial charge in [0.1, 0.15) is 5.70 Å². The maximum atomic E-state index is 13.6. The van der Waals surface area contributed by atoms with Crippen molar-refractivity contribution in [3.8, 4) is 0 Å². The molecule has 0 spiro atoms. The summed E-state index contributed by atoms with van der Waals surface area (Å²) in [5, 5.41) is 0. The van der Waals surface area contributed by atoms with Crippen LogP contribution in [0.2, 0.25) is 0 Å². The fourth-order valence-electron chi connectivity index (χ4n) is 4.46. The van der Waals surface area contributed by atoms with Gasteiger partial charge in [0, 0.05) is 19.6 Å². The van der Waals surface area contributed by atoms with Crippen molar-refractivity contribution in [1.82, 2.24) is 9.80 Å². The number of imide groups is 1. The minimum atomic E-state index is -0.203. The molecule has 0 bridgehead atoms. The molecule has 4 rings (SSSR count). The predicted octanol–water partition coefficient (Wildman–Crippen LogP) is 3.74. The zero-order valence-electron chi connectivity index (χ0n) is 18.7. The maximum absolute atomic E-state index is 13.6. The summed E-state index contributed by atoms with van der Waals surface area (Å²) >= 11 is 0. The Hall–Kier alpha value is -2.92. The number of rotatable bonds is 5. The number of nitrogens with zero attached hydrogens (tertiary/aromatic N) is 2. The number of hydrogen-bond donors (Lipinski definition) is 0. The lowest BCUT2D eigenvalue weighted by molar-refractivity contribution is -0.138. The van der Waals surface area contributed by atoms with Crippen LogP contribution in [-0.2, 0) is 20.7 Å². The number of carbonyl (C=O) groups is 2. The fourth-order valence-corrected chi connectivity index (χ4v) is 4.46. The first-order chi connectivity index (χ1) is 14.8. The molecule has 0 aromatic heterocycles. The van der Waals surface area contributed by atoms with E-state index in [2.05, 4.69) is 0 Å². The third-order valence-corrected chi connectivity index (χ3v) is 6.14. The van der Waals surface area contributed by atoms with Gasteiger partial charge in [-0.15, -0.1) is 0 Å². The molecule has 0 aliphatic carbocycles. The molecule has 1 saturated heterocycles. The highest BCUT2D eigenvalue weighted by molar-refractivity contribution is 6.35. The quantitative estimate of drug-likeness (QED) is 0.694. The van der Waals surface area contributed by atoms with Crippen molar-refractivity contribution in [3.63, 3.8) is 0 Å². The maximum Gasteiger partial charge on any atom is 0.277 e. The van der Waals surface area contributed by atoms with Crippen molar-refractivity contribution >= 4 is 17.4 Å². The van der Waals surface area contributed by atoms with Crippen molar-refractivity contribution in [2.24, 2.45) is 0 Å². The molecule has 2 aliphatic rings. The summed E-state index contributed by atoms with van der Waals surface area (Å²) < 4.78 is 5.87. The van der Waals surface area contributed by atoms with Crippen LogP contribution in [0, 0.1) is 13.8 Å². The monoisotopic (exact) mass is 418 g/mol. The number of benzene rings is 2. The van der Waals surface area contributed by atoms with Gasteiger partial charge in [0.2, 0.25) is 0 Å². The Labute approximate surface area is 184 Å². The molecule has 1 fully saturated rings. The van der Waals surface area contributed by atoms with E-state index in [1.54, 1.807) is 0 Å². The lowest BCUT2D eigenvalue weighted by Gasteiger charge is -2.37. The number of aryl methyl sites for hydroxylation is 2. The lowest BCUT2D eigenvalue weighted by Crippen LogP contribution is -2.47. The van der Waals surface area contributed by atoms with Gasteiger partial charge in [-0.05, 0) is 56.4 Å². The smallest absolute Gasteiger partial charge is 0.277 e. The molecule has 0 radical (unpaired) electrons. The Balaban J connectivity index is 1.71. The SMILES string of the molecule is Cc1ccc(C2=C(N3CC(C)OC(C)C3)C(=O)N(CCc3ccccc3)C2=O)cc1C. The average molecular weight is 419 g/mol. The first-order valence-corrected chi connectivity index (χ1v) is 11.0. The van der Waals surface area contributed by atoms with Gasteiger partial charge in [0.05, 0.1) is 17.8 Å². The second kappa shape index (κ2) is 8.67. The van der Waals surface area contributed by atoms with Crippen LogP contribution >= 0.6 is 0 Å². The minimum Gasteiger partial charge on any atom is -0.372 e. The largest absolute Gasteiger partial charge is 0.372 e. The average Bonchev–Trinajstić information content (AvgIpc) is 2.98. The fraction of sp³-hybridized carbons (Fsp3) is 0.385. The van der Waals surface area contributed by atoms with Gasteiger partial charge < -0.3 is 9.64 Å². The number of carbonyl (C=O) groups excluding carboxylic acids is 2. The van der Waals surface area contributed by atoms with Crippen molar-refractivity contribution in [3.05, 3.63) is 76.5 Å². The number of hydrogen-bond acceptors (Lipinski definition) is 4. The molecule has 2 aliphatic heterocycles. The van der Waals surface area contributed by atoms with Gasteiger partial charge in [-0.2, -0.15) is 0 Å². The Morgan fingerprint density at radius 3 is 2.23 bits per heavy atom. The second-order valence-corrected chi connectivity index (χ2v) is 8.68. The van der Waals surface area contributed by atoms with Gasteiger partial charge in [-0.3, -0.25) is 14.5 Å². The highest BCUT2D eigenvalue weighted by atomic mass is 16.5. The Kier molecular flexibility index (Phi) is 5.96. The van der Waals surface area contributed by atoms with Gasteiger partial charge in [-0.1, -0.05) is 48.5 Å². The highest BCUT2D eigenvalue weighted by Gasteiger charge is 2.42. The molecule has 5 heteroatoms. The molecule has 5 nitrogen and oxygen atoms in total. The molecule has 2 heterocycles. The summed E-state index contributed by atoms with van der Waals surface area (Å²) in [6, 6.07) is 16.0. The molecule has 2 aromatic carbocycles. The molecule has 2 unspecified atom stereocenters. The zero-order valence-corrected chi connectivity index (χ0v) is 18.7. The predicted molar refractivity (Wildman–Crippen MR) is 121 cm³/mol. The van der Waals surface area contributed by atoms with Crippen LogP contribution in [-0.4, -0.2) is 53.5 Å². The topological polar surface area (TPSA) is 49.9 Å². The first kappa shape index (κ1) is 21.3. The summed E-state index contributed by atoms with van der Waals surface area (Å²) in [5.41, 5.74) is 5.22. The second-order valence-electron chi connectivity index (χ2n) is 8.68. The Morgan fingerprint density at radius 1 is 0.903 bits per heavy atom. The third-order valence-electron chi connectivity index (χ3n) is 6.14. The summed E-state index contributed by atoms with van der Waals surface area (Å²) in [5.74, 6) is -0.401. The van der Waals surface area contributed by atoms with Crippen LogP contribution in [0.5, 0.6) is 0 Å². The van der Waals surface area contributed by atoms with Gasteiger partial charge in [0.25, 0.3) is 11.8 Å². The summed E-state index contributed by atoms with van der Waals surface area (Å²) in [6.07, 6.45) is 0.638. The molecular weight excluding hydrogens is 388 g/mol. The Bertz CT molecular complexity index is 1020. The van der Waals surface area contributed by atoms with Crippen LogP contribution in [0.15, 0.2) is 54.2 Å². The van der Waals surface area contributed by atoms with E-state index in [9.17, 15) is 9.59 Å². The van der Waals surface area contributed by atoms with E-state index in [0.29, 0.717) is 37.3 Å². The van der Waals surface area contributed by atoms with E-state index in [1.165, 1.54) is 4.90 Å². The standard InChI is InChI=1S/C26H30N2O3/c1-17-10-11-22(14-18(17)2)23-24(27-15-19(3)31-20(4)16-27)26(30)28(25(23)29)13-12-21-8-6-5-7-9-21/h5-11,14,19-20H,12-13,15-16H2,1-4H3. The van der Waals surface area contributed by atoms with E-state index in [-0.39, 0.29) is 24.0 Å². The number of morpholine rings is 1. The van der Waals surface area contributed by atoms with Gasteiger partial charge in [-0.25, -0.2) is 0 Å². The highest BCUT2D eigenvalue weighted by Crippen LogP contribution is 2.34. The molecule has 0 saturated carbocycles. The van der Waals surface area contributed by atoms with Crippen LogP contribution in [0.4, 0.5) is 0 Å². The van der Waals surface area contributed by atoms with E-state index in [4.69, 9.17) is 4.74 Å². The lowest BCUT2D eigenvalue weighted by atomic mass is 9.99. The molecule has 0 N–H and O–H groups in total. The van der Waals surface area contributed by atoms with Crippen molar-refractivity contribution < 1.29 is 14.3 Å². The van der Waals surface area contributed by atoms with Crippen LogP contribution < -0.4 is 0 Å². The zero-order chi connectivity index (χ0) is 22.1. The van der Waals surface area contributed by atoms with Crippen molar-refractivity contribution in [2.75, 3.05) is 19.6 Å². The molecule has 2 amide bonds. The summed E-state index contributed by atoms with van der Waals surface area (Å²) in [6.45, 7) is 9.66. The van der Waals surface area contributed by atoms with Gasteiger partial charge >= 0.3 is 0 Å². The van der Waals surface area contributed by atoms with E-state index in [0.717, 1.165) is 22.3 Å². The molecule has 2 aromatic rings. The molecule has 31 heavy (non-hydrogen) atoms. The van der Waals surface area contributed by atoms with Gasteiger partial charge in [0.15, 0.2) is 0 Å². The molecule has 2 atom stereocenters. The van der Waals surface area contributed by atoms with Crippen LogP contribution in [0.1, 0.15) is 36.1 Å². The van der Waals surface area contributed by atoms with Crippen LogP contribution in [0.25, 0.3) is 5.57 Å². The van der Waals surface area contributed by atoms with Crippen molar-refractivity contribution in [2.45, 2.75) is 46.3 Å². The van der Waals surface area contributed by atoms with E-state index >= 15 is 0 Å². The summed E-state index contributed by atoms with van der Waals surface area (Å²) in [7, 11) is 0. The number of amides is 2. The number of ether oxygens (including phenoxy) is 1. The minimum absolute atomic E-state index is 0.00137. The molecule has 162 valence electrons. The normalized spacial score (nSPS) is 21.9. The van der Waals surface area contributed by atoms with Crippen LogP contribution in [0.3, 0.4) is 0 Å². The third kappa shape index (κ3) is 4.28. The molecular formula is C26H30N2O3. The Morgan fingerprint density at radius 2 is 1.58 bits per heavy atom. The van der Waals surface area contributed by atoms with E-state index in [1.807, 2.05) is 81.1 Å². The van der Waals surface area contributed by atoms with Crippen molar-refractivity contribution in [1.29, 1.82) is 0 Å². The first-order valence-electron chi connectivity index (χ1n) is 11.0. The van der Waals surface area contributed by atoms with E-state index < -0.39 is 0 Å². The summed E-state index contributed by atoms with van der Waals surface area (Å²) in [4.78, 5) is 30.6.